The summed E-state index contributed by atoms with van der Waals surface area (Å²) in [6.07, 6.45) is 1.54. The van der Waals surface area contributed by atoms with Gasteiger partial charge in [0.25, 0.3) is 0 Å². The number of amides is 2. The number of nitrogens with two attached hydrogens (primary N) is 1. The fourth-order valence-electron chi connectivity index (χ4n) is 0.280. The summed E-state index contributed by atoms with van der Waals surface area (Å²) >= 11 is 3.76. The molecule has 9 heavy (non-hydrogen) atoms. The molecule has 0 radical (unpaired) electrons. The normalized spacial score (nSPS) is 8.22. The first kappa shape index (κ1) is 8.32. The molecule has 0 aromatic heterocycles. The van der Waals surface area contributed by atoms with Crippen molar-refractivity contribution in [3.05, 3.63) is 12.7 Å². The van der Waals surface area contributed by atoms with Crippen molar-refractivity contribution in [1.29, 1.82) is 0 Å². The maximum atomic E-state index is 10.5. The summed E-state index contributed by atoms with van der Waals surface area (Å²) in [6.45, 7) is 3.77. The van der Waals surface area contributed by atoms with Crippen LogP contribution in [-0.2, 0) is 0 Å². The molecule has 4 nitrogen and oxygen atoms in total. The van der Waals surface area contributed by atoms with Gasteiger partial charge in [0, 0.05) is 0 Å². The summed E-state index contributed by atoms with van der Waals surface area (Å²) in [5, 5.41) is 0. The van der Waals surface area contributed by atoms with Gasteiger partial charge in [-0.25, -0.2) is 10.6 Å². The minimum Gasteiger partial charge on any atom is -0.275 e. The molecule has 0 bridgehead atoms. The van der Waals surface area contributed by atoms with Crippen LogP contribution < -0.4 is 11.3 Å². The first-order valence-electron chi connectivity index (χ1n) is 2.30. The van der Waals surface area contributed by atoms with E-state index in [9.17, 15) is 4.79 Å². The van der Waals surface area contributed by atoms with Gasteiger partial charge >= 0.3 is 6.03 Å². The predicted octanol–water partition coefficient (Wildman–Crippen LogP) is -0.0975. The Labute approximate surface area is 59.2 Å². The zero-order valence-corrected chi connectivity index (χ0v) is 5.77. The number of nitrogens with one attached hydrogen (secondary N) is 1. The SMILES string of the molecule is C=CCN(S)C(=O)NN. The van der Waals surface area contributed by atoms with E-state index in [1.165, 1.54) is 0 Å². The lowest BCUT2D eigenvalue weighted by Gasteiger charge is -2.10. The minimum absolute atomic E-state index is 0.367. The van der Waals surface area contributed by atoms with Crippen molar-refractivity contribution in [1.82, 2.24) is 9.73 Å². The van der Waals surface area contributed by atoms with Crippen LogP contribution in [0.3, 0.4) is 0 Å². The first-order chi connectivity index (χ1) is 4.22. The van der Waals surface area contributed by atoms with Crippen molar-refractivity contribution in [2.24, 2.45) is 5.84 Å². The summed E-state index contributed by atoms with van der Waals surface area (Å²) in [4.78, 5) is 10.5. The third kappa shape index (κ3) is 2.99. The molecule has 0 atom stereocenters. The lowest BCUT2D eigenvalue weighted by Crippen LogP contribution is -2.38. The second-order valence-electron chi connectivity index (χ2n) is 1.32. The van der Waals surface area contributed by atoms with Crippen molar-refractivity contribution >= 4 is 18.8 Å². The topological polar surface area (TPSA) is 58.4 Å². The lowest BCUT2D eigenvalue weighted by atomic mass is 10.6. The molecule has 0 aliphatic heterocycles. The van der Waals surface area contributed by atoms with E-state index in [2.05, 4.69) is 19.4 Å². The maximum absolute atomic E-state index is 10.5. The molecule has 0 rings (SSSR count). The molecule has 0 unspecified atom stereocenters. The van der Waals surface area contributed by atoms with E-state index < -0.39 is 6.03 Å². The molecular weight excluding hydrogens is 138 g/mol. The number of hydrazine groups is 1. The van der Waals surface area contributed by atoms with Crippen molar-refractivity contribution in [3.8, 4) is 0 Å². The standard InChI is InChI=1S/C4H9N3OS/c1-2-3-7(9)4(8)6-5/h2,9H,1,3,5H2,(H,6,8). The molecule has 0 aliphatic rings. The zero-order chi connectivity index (χ0) is 7.28. The summed E-state index contributed by atoms with van der Waals surface area (Å²) in [5.74, 6) is 4.78. The number of nitrogens with zero attached hydrogens (tertiary/aromatic N) is 1. The van der Waals surface area contributed by atoms with Gasteiger partial charge in [-0.3, -0.25) is 9.73 Å². The van der Waals surface area contributed by atoms with Crippen LogP contribution in [0.25, 0.3) is 0 Å². The third-order valence-electron chi connectivity index (χ3n) is 0.660. The van der Waals surface area contributed by atoms with Crippen LogP contribution in [0.1, 0.15) is 0 Å². The Morgan fingerprint density at radius 2 is 2.56 bits per heavy atom. The highest BCUT2D eigenvalue weighted by Crippen LogP contribution is 1.91. The van der Waals surface area contributed by atoms with E-state index in [0.717, 1.165) is 4.31 Å². The smallest absolute Gasteiger partial charge is 0.275 e. The van der Waals surface area contributed by atoms with Crippen molar-refractivity contribution in [3.63, 3.8) is 0 Å². The highest BCUT2D eigenvalue weighted by atomic mass is 32.1. The van der Waals surface area contributed by atoms with Gasteiger partial charge in [0.05, 0.1) is 6.54 Å². The number of hydrogen-bond donors (Lipinski definition) is 3. The van der Waals surface area contributed by atoms with Gasteiger partial charge in [0.1, 0.15) is 0 Å². The van der Waals surface area contributed by atoms with Crippen LogP contribution >= 0.6 is 12.8 Å². The molecular formula is C4H9N3OS. The molecule has 3 N–H and O–H groups in total. The summed E-state index contributed by atoms with van der Waals surface area (Å²) in [7, 11) is 0. The quantitative estimate of drug-likeness (QED) is 0.168. The molecule has 5 heteroatoms. The first-order valence-corrected chi connectivity index (χ1v) is 2.70. The van der Waals surface area contributed by atoms with Crippen LogP contribution in [0, 0.1) is 0 Å². The maximum Gasteiger partial charge on any atom is 0.341 e. The Bertz CT molecular complexity index is 116. The van der Waals surface area contributed by atoms with Crippen LogP contribution in [-0.4, -0.2) is 16.9 Å². The molecule has 0 aromatic carbocycles. The van der Waals surface area contributed by atoms with E-state index in [0.29, 0.717) is 6.54 Å². The zero-order valence-electron chi connectivity index (χ0n) is 4.87. The Morgan fingerprint density at radius 1 is 2.00 bits per heavy atom. The molecule has 0 aliphatic carbocycles. The van der Waals surface area contributed by atoms with Gasteiger partial charge in [0.15, 0.2) is 0 Å². The van der Waals surface area contributed by atoms with Crippen LogP contribution in [0.2, 0.25) is 0 Å². The molecule has 52 valence electrons. The number of urea groups is 1. The van der Waals surface area contributed by atoms with Crippen molar-refractivity contribution in [2.45, 2.75) is 0 Å². The number of rotatable bonds is 2. The van der Waals surface area contributed by atoms with Gasteiger partial charge in [-0.15, -0.1) is 6.58 Å². The summed E-state index contributed by atoms with van der Waals surface area (Å²) in [5.41, 5.74) is 1.91. The Morgan fingerprint density at radius 3 is 2.89 bits per heavy atom. The molecule has 0 spiro atoms. The fourth-order valence-corrected chi connectivity index (χ4v) is 0.453. The van der Waals surface area contributed by atoms with E-state index in [-0.39, 0.29) is 0 Å². The second-order valence-corrected chi connectivity index (χ2v) is 1.80. The number of thiol groups is 1. The molecule has 0 aromatic rings. The molecule has 0 fully saturated rings. The molecule has 0 saturated heterocycles. The Balaban J connectivity index is 3.58. The Hall–Kier alpha value is -0.680. The van der Waals surface area contributed by atoms with Gasteiger partial charge in [-0.05, 0) is 0 Å². The van der Waals surface area contributed by atoms with Gasteiger partial charge < -0.3 is 0 Å². The molecule has 2 amide bonds. The van der Waals surface area contributed by atoms with E-state index in [4.69, 9.17) is 5.84 Å². The van der Waals surface area contributed by atoms with Gasteiger partial charge in [-0.2, -0.15) is 0 Å². The highest BCUT2D eigenvalue weighted by Gasteiger charge is 2.02. The van der Waals surface area contributed by atoms with Crippen molar-refractivity contribution < 1.29 is 4.79 Å². The molecule has 0 saturated carbocycles. The van der Waals surface area contributed by atoms with Crippen LogP contribution in [0.5, 0.6) is 0 Å². The van der Waals surface area contributed by atoms with Crippen LogP contribution in [0.4, 0.5) is 4.79 Å². The van der Waals surface area contributed by atoms with Crippen molar-refractivity contribution in [2.75, 3.05) is 6.54 Å². The fraction of sp³-hybridized carbons (Fsp3) is 0.250. The predicted molar refractivity (Wildman–Crippen MR) is 38.6 cm³/mol. The van der Waals surface area contributed by atoms with Gasteiger partial charge in [0.2, 0.25) is 0 Å². The third-order valence-corrected chi connectivity index (χ3v) is 1.00. The van der Waals surface area contributed by atoms with E-state index in [1.807, 2.05) is 5.43 Å². The monoisotopic (exact) mass is 147 g/mol. The molecule has 0 heterocycles. The lowest BCUT2D eigenvalue weighted by molar-refractivity contribution is 0.229. The second kappa shape index (κ2) is 4.22. The van der Waals surface area contributed by atoms with E-state index >= 15 is 0 Å². The summed E-state index contributed by atoms with van der Waals surface area (Å²) in [6, 6.07) is -0.446. The van der Waals surface area contributed by atoms with Gasteiger partial charge in [-0.1, -0.05) is 18.9 Å². The minimum atomic E-state index is -0.446. The largest absolute Gasteiger partial charge is 0.341 e. The number of hydrogen-bond acceptors (Lipinski definition) is 3. The summed E-state index contributed by atoms with van der Waals surface area (Å²) < 4.78 is 1.10. The highest BCUT2D eigenvalue weighted by molar-refractivity contribution is 7.78. The van der Waals surface area contributed by atoms with Crippen LogP contribution in [0.15, 0.2) is 12.7 Å². The number of carbonyl (C=O) groups is 1. The average molecular weight is 147 g/mol. The average Bonchev–Trinajstić information content (AvgIpc) is 1.87. The van der Waals surface area contributed by atoms with E-state index in [1.54, 1.807) is 6.08 Å². The Kier molecular flexibility index (Phi) is 3.90. The number of carbonyl (C=O) groups excluding carboxylic acids is 1.